The minimum atomic E-state index is 0.00222. The third-order valence-electron chi connectivity index (χ3n) is 4.89. The molecule has 1 saturated heterocycles. The molecule has 7 heteroatoms. The van der Waals surface area contributed by atoms with Crippen molar-refractivity contribution in [2.75, 3.05) is 18.5 Å². The van der Waals surface area contributed by atoms with E-state index in [0.717, 1.165) is 55.3 Å². The Labute approximate surface area is 140 Å². The van der Waals surface area contributed by atoms with E-state index in [1.54, 1.807) is 6.33 Å². The predicted molar refractivity (Wildman–Crippen MR) is 89.6 cm³/mol. The SMILES string of the molecule is Clc1nc(NCC2CCCC2)c2ncn(C3CCCCO3)c2n1. The number of halogens is 1. The lowest BCUT2D eigenvalue weighted by Crippen LogP contribution is -2.18. The van der Waals surface area contributed by atoms with Crippen LogP contribution in [0.5, 0.6) is 0 Å². The Kier molecular flexibility index (Phi) is 4.35. The summed E-state index contributed by atoms with van der Waals surface area (Å²) in [7, 11) is 0. The molecule has 0 bridgehead atoms. The zero-order valence-corrected chi connectivity index (χ0v) is 13.9. The van der Waals surface area contributed by atoms with Gasteiger partial charge in [-0.2, -0.15) is 9.97 Å². The zero-order valence-electron chi connectivity index (χ0n) is 13.2. The van der Waals surface area contributed by atoms with Crippen molar-refractivity contribution in [2.45, 2.75) is 51.2 Å². The molecule has 1 unspecified atom stereocenters. The molecule has 3 heterocycles. The number of nitrogens with zero attached hydrogens (tertiary/aromatic N) is 4. The van der Waals surface area contributed by atoms with Crippen molar-refractivity contribution in [3.8, 4) is 0 Å². The van der Waals surface area contributed by atoms with E-state index >= 15 is 0 Å². The van der Waals surface area contributed by atoms with Crippen molar-refractivity contribution < 1.29 is 4.74 Å². The van der Waals surface area contributed by atoms with Crippen molar-refractivity contribution in [1.82, 2.24) is 19.5 Å². The minimum absolute atomic E-state index is 0.00222. The molecule has 0 amide bonds. The van der Waals surface area contributed by atoms with Gasteiger partial charge in [-0.25, -0.2) is 4.98 Å². The molecule has 1 saturated carbocycles. The molecular formula is C16H22ClN5O. The quantitative estimate of drug-likeness (QED) is 0.861. The molecule has 2 aliphatic rings. The fourth-order valence-electron chi connectivity index (χ4n) is 3.62. The first kappa shape index (κ1) is 15.1. The largest absolute Gasteiger partial charge is 0.368 e. The Bertz CT molecular complexity index is 676. The Morgan fingerprint density at radius 2 is 2.00 bits per heavy atom. The van der Waals surface area contributed by atoms with Gasteiger partial charge in [0.2, 0.25) is 5.28 Å². The molecular weight excluding hydrogens is 314 g/mol. The number of anilines is 1. The summed E-state index contributed by atoms with van der Waals surface area (Å²) < 4.78 is 7.84. The summed E-state index contributed by atoms with van der Waals surface area (Å²) in [5.74, 6) is 1.46. The maximum absolute atomic E-state index is 6.14. The molecule has 1 atom stereocenters. The number of hydrogen-bond acceptors (Lipinski definition) is 5. The molecule has 4 rings (SSSR count). The van der Waals surface area contributed by atoms with Gasteiger partial charge in [-0.05, 0) is 49.6 Å². The van der Waals surface area contributed by atoms with Crippen LogP contribution < -0.4 is 5.32 Å². The van der Waals surface area contributed by atoms with Gasteiger partial charge < -0.3 is 10.1 Å². The van der Waals surface area contributed by atoms with Gasteiger partial charge in [0.15, 0.2) is 17.0 Å². The smallest absolute Gasteiger partial charge is 0.226 e. The second-order valence-electron chi connectivity index (χ2n) is 6.52. The highest BCUT2D eigenvalue weighted by molar-refractivity contribution is 6.28. The Morgan fingerprint density at radius 1 is 1.17 bits per heavy atom. The number of fused-ring (bicyclic) bond motifs is 1. The third kappa shape index (κ3) is 3.15. The van der Waals surface area contributed by atoms with E-state index < -0.39 is 0 Å². The van der Waals surface area contributed by atoms with Crippen LogP contribution in [0.25, 0.3) is 11.2 Å². The second kappa shape index (κ2) is 6.61. The maximum Gasteiger partial charge on any atom is 0.226 e. The first-order valence-corrected chi connectivity index (χ1v) is 8.94. The van der Waals surface area contributed by atoms with Crippen LogP contribution in [-0.4, -0.2) is 32.7 Å². The normalized spacial score (nSPS) is 22.7. The first-order chi connectivity index (χ1) is 11.3. The van der Waals surface area contributed by atoms with Gasteiger partial charge in [-0.15, -0.1) is 0 Å². The van der Waals surface area contributed by atoms with E-state index in [-0.39, 0.29) is 11.5 Å². The van der Waals surface area contributed by atoms with Gasteiger partial charge in [0, 0.05) is 13.2 Å². The van der Waals surface area contributed by atoms with Gasteiger partial charge in [-0.3, -0.25) is 4.57 Å². The predicted octanol–water partition coefficient (Wildman–Crippen LogP) is 3.78. The molecule has 2 aromatic heterocycles. The van der Waals surface area contributed by atoms with Crippen LogP contribution in [0.15, 0.2) is 6.33 Å². The molecule has 1 N–H and O–H groups in total. The van der Waals surface area contributed by atoms with Crippen LogP contribution in [-0.2, 0) is 4.74 Å². The number of hydrogen-bond donors (Lipinski definition) is 1. The van der Waals surface area contributed by atoms with Crippen LogP contribution in [0.3, 0.4) is 0 Å². The van der Waals surface area contributed by atoms with Gasteiger partial charge in [-0.1, -0.05) is 12.8 Å². The van der Waals surface area contributed by atoms with E-state index in [9.17, 15) is 0 Å². The Balaban J connectivity index is 1.61. The van der Waals surface area contributed by atoms with E-state index in [4.69, 9.17) is 16.3 Å². The fraction of sp³-hybridized carbons (Fsp3) is 0.688. The van der Waals surface area contributed by atoms with E-state index in [2.05, 4.69) is 20.3 Å². The highest BCUT2D eigenvalue weighted by atomic mass is 35.5. The highest BCUT2D eigenvalue weighted by Crippen LogP contribution is 2.29. The topological polar surface area (TPSA) is 64.9 Å². The lowest BCUT2D eigenvalue weighted by atomic mass is 10.1. The molecule has 124 valence electrons. The average molecular weight is 336 g/mol. The van der Waals surface area contributed by atoms with Crippen LogP contribution >= 0.6 is 11.6 Å². The van der Waals surface area contributed by atoms with Crippen LogP contribution in [0.1, 0.15) is 51.2 Å². The molecule has 6 nitrogen and oxygen atoms in total. The summed E-state index contributed by atoms with van der Waals surface area (Å²) in [6, 6.07) is 0. The van der Waals surface area contributed by atoms with E-state index in [0.29, 0.717) is 0 Å². The number of nitrogens with one attached hydrogen (secondary N) is 1. The third-order valence-corrected chi connectivity index (χ3v) is 5.06. The molecule has 0 aromatic carbocycles. The van der Waals surface area contributed by atoms with Crippen LogP contribution in [0.4, 0.5) is 5.82 Å². The van der Waals surface area contributed by atoms with Crippen molar-refractivity contribution in [1.29, 1.82) is 0 Å². The summed E-state index contributed by atoms with van der Waals surface area (Å²) in [6.07, 6.45) is 10.3. The number of aromatic nitrogens is 4. The van der Waals surface area contributed by atoms with Gasteiger partial charge in [0.05, 0.1) is 6.33 Å². The summed E-state index contributed by atoms with van der Waals surface area (Å²) >= 11 is 6.14. The monoisotopic (exact) mass is 335 g/mol. The van der Waals surface area contributed by atoms with E-state index in [1.807, 2.05) is 4.57 Å². The maximum atomic E-state index is 6.14. The molecule has 23 heavy (non-hydrogen) atoms. The molecule has 0 radical (unpaired) electrons. The van der Waals surface area contributed by atoms with Crippen molar-refractivity contribution in [3.63, 3.8) is 0 Å². The molecule has 1 aliphatic carbocycles. The Hall–Kier alpha value is -1.40. The fourth-order valence-corrected chi connectivity index (χ4v) is 3.79. The Morgan fingerprint density at radius 3 is 2.78 bits per heavy atom. The van der Waals surface area contributed by atoms with Gasteiger partial charge in [0.25, 0.3) is 0 Å². The zero-order chi connectivity index (χ0) is 15.6. The standard InChI is InChI=1S/C16H22ClN5O/c17-16-20-14(18-9-11-5-1-2-6-11)13-15(21-16)22(10-19-13)12-7-3-4-8-23-12/h10-12H,1-9H2,(H,18,20,21). The summed E-state index contributed by atoms with van der Waals surface area (Å²) in [5, 5.41) is 3.69. The average Bonchev–Trinajstić information content (AvgIpc) is 3.23. The summed E-state index contributed by atoms with van der Waals surface area (Å²) in [4.78, 5) is 13.3. The molecule has 2 aromatic rings. The first-order valence-electron chi connectivity index (χ1n) is 8.57. The molecule has 1 aliphatic heterocycles. The van der Waals surface area contributed by atoms with Crippen LogP contribution in [0.2, 0.25) is 5.28 Å². The van der Waals surface area contributed by atoms with E-state index in [1.165, 1.54) is 25.7 Å². The second-order valence-corrected chi connectivity index (χ2v) is 6.86. The van der Waals surface area contributed by atoms with Crippen molar-refractivity contribution in [2.24, 2.45) is 5.92 Å². The number of imidazole rings is 1. The highest BCUT2D eigenvalue weighted by Gasteiger charge is 2.22. The minimum Gasteiger partial charge on any atom is -0.368 e. The number of ether oxygens (including phenoxy) is 1. The van der Waals surface area contributed by atoms with Crippen LogP contribution in [0, 0.1) is 5.92 Å². The molecule has 0 spiro atoms. The summed E-state index contributed by atoms with van der Waals surface area (Å²) in [5.41, 5.74) is 1.53. The van der Waals surface area contributed by atoms with Gasteiger partial charge in [0.1, 0.15) is 6.23 Å². The lowest BCUT2D eigenvalue weighted by molar-refractivity contribution is -0.0298. The van der Waals surface area contributed by atoms with Crippen molar-refractivity contribution in [3.05, 3.63) is 11.6 Å². The summed E-state index contributed by atoms with van der Waals surface area (Å²) in [6.45, 7) is 1.71. The number of rotatable bonds is 4. The van der Waals surface area contributed by atoms with Crippen molar-refractivity contribution >= 4 is 28.6 Å². The lowest BCUT2D eigenvalue weighted by Gasteiger charge is -2.23. The molecule has 2 fully saturated rings. The van der Waals surface area contributed by atoms with Gasteiger partial charge >= 0.3 is 0 Å².